The summed E-state index contributed by atoms with van der Waals surface area (Å²) >= 11 is 0. The largest absolute Gasteiger partial charge is 0.491 e. The number of ether oxygens (including phenoxy) is 3. The number of amides is 1. The minimum atomic E-state index is -5.43. The van der Waals surface area contributed by atoms with Gasteiger partial charge in [-0.25, -0.2) is 9.59 Å². The summed E-state index contributed by atoms with van der Waals surface area (Å²) in [4.78, 5) is 38.5. The van der Waals surface area contributed by atoms with E-state index in [2.05, 4.69) is 4.74 Å². The Balaban J connectivity index is 2.48. The lowest BCUT2D eigenvalue weighted by Crippen LogP contribution is -2.51. The molecule has 0 aliphatic carbocycles. The third-order valence-corrected chi connectivity index (χ3v) is 5.61. The van der Waals surface area contributed by atoms with Gasteiger partial charge in [0.2, 0.25) is 0 Å². The number of halogens is 6. The fraction of sp³-hybridized carbons (Fsp3) is 0.625. The van der Waals surface area contributed by atoms with Gasteiger partial charge in [0.05, 0.1) is 18.8 Å². The molecule has 14 heteroatoms. The molecule has 0 radical (unpaired) electrons. The summed E-state index contributed by atoms with van der Waals surface area (Å²) in [7, 11) is 3.62. The molecule has 0 spiro atoms. The van der Waals surface area contributed by atoms with E-state index in [1.165, 1.54) is 0 Å². The second kappa shape index (κ2) is 12.0. The van der Waals surface area contributed by atoms with Gasteiger partial charge in [-0.1, -0.05) is 20.8 Å². The van der Waals surface area contributed by atoms with E-state index in [9.17, 15) is 40.7 Å². The van der Waals surface area contributed by atoms with Crippen molar-refractivity contribution in [2.45, 2.75) is 63.7 Å². The molecule has 1 aromatic rings. The number of hydrogen-bond donors (Lipinski definition) is 0. The normalized spacial score (nSPS) is 18.8. The first kappa shape index (κ1) is 31.5. The molecule has 38 heavy (non-hydrogen) atoms. The van der Waals surface area contributed by atoms with Crippen LogP contribution in [0, 0.1) is 0 Å². The van der Waals surface area contributed by atoms with Crippen LogP contribution in [0.2, 0.25) is 0 Å². The molecule has 2 unspecified atom stereocenters. The highest BCUT2D eigenvalue weighted by Gasteiger charge is 2.47. The first-order valence-corrected chi connectivity index (χ1v) is 11.6. The zero-order valence-corrected chi connectivity index (χ0v) is 21.5. The van der Waals surface area contributed by atoms with Crippen molar-refractivity contribution in [3.63, 3.8) is 0 Å². The second-order valence-corrected chi connectivity index (χ2v) is 9.98. The lowest BCUT2D eigenvalue weighted by Gasteiger charge is -2.38. The van der Waals surface area contributed by atoms with E-state index in [0.29, 0.717) is 11.4 Å². The molecule has 0 N–H and O–H groups in total. The van der Waals surface area contributed by atoms with Gasteiger partial charge in [-0.2, -0.15) is 26.3 Å². The predicted octanol–water partition coefficient (Wildman–Crippen LogP) is 4.21. The summed E-state index contributed by atoms with van der Waals surface area (Å²) in [5.41, 5.74) is -1.74. The fourth-order valence-electron chi connectivity index (χ4n) is 3.77. The van der Waals surface area contributed by atoms with Gasteiger partial charge in [0.25, 0.3) is 0 Å². The van der Waals surface area contributed by atoms with Crippen LogP contribution in [0.25, 0.3) is 0 Å². The van der Waals surface area contributed by atoms with E-state index in [1.807, 2.05) is 19.0 Å². The fourth-order valence-corrected chi connectivity index (χ4v) is 3.77. The topological polar surface area (TPSA) is 85.4 Å². The highest BCUT2D eigenvalue weighted by molar-refractivity contribution is 6.01. The molecule has 1 aliphatic heterocycles. The maximum atomic E-state index is 13.6. The molecule has 0 aromatic heterocycles. The Hall–Kier alpha value is -2.71. The Bertz CT molecular complexity index is 1020. The van der Waals surface area contributed by atoms with Crippen molar-refractivity contribution in [2.75, 3.05) is 38.8 Å². The third kappa shape index (κ3) is 8.40. The van der Waals surface area contributed by atoms with Crippen LogP contribution in [0.5, 0.6) is 0 Å². The van der Waals surface area contributed by atoms with Crippen molar-refractivity contribution >= 4 is 23.5 Å². The van der Waals surface area contributed by atoms with Crippen molar-refractivity contribution in [1.82, 2.24) is 4.90 Å². The summed E-state index contributed by atoms with van der Waals surface area (Å²) in [6.45, 7) is 5.42. The zero-order valence-electron chi connectivity index (χ0n) is 21.5. The van der Waals surface area contributed by atoms with Gasteiger partial charge in [0.15, 0.2) is 6.29 Å². The number of anilines is 1. The standard InChI is InChI=1S/C24H30F6N2O6/c1-22(2,3)17-12-14(6-7-16(17)19(33)38-21(35)24(28,29)30)32(20(34)23(25,26)27)15-8-10-36-18(13-15)37-11-9-31(4)5/h6-7,12,15,18H,8-11,13H2,1-5H3. The third-order valence-electron chi connectivity index (χ3n) is 5.61. The van der Waals surface area contributed by atoms with Crippen molar-refractivity contribution in [1.29, 1.82) is 0 Å². The number of carbonyl (C=O) groups excluding carboxylic acids is 3. The quantitative estimate of drug-likeness (QED) is 0.283. The lowest BCUT2D eigenvalue weighted by molar-refractivity contribution is -0.193. The first-order valence-electron chi connectivity index (χ1n) is 11.6. The molecule has 214 valence electrons. The number of nitrogens with zero attached hydrogens (tertiary/aromatic N) is 2. The van der Waals surface area contributed by atoms with Crippen LogP contribution in [0.3, 0.4) is 0 Å². The van der Waals surface area contributed by atoms with Crippen LogP contribution in [0.1, 0.15) is 49.5 Å². The molecule has 1 fully saturated rings. The summed E-state index contributed by atoms with van der Waals surface area (Å²) in [5.74, 6) is -6.53. The molecule has 2 atom stereocenters. The van der Waals surface area contributed by atoms with Gasteiger partial charge < -0.3 is 24.0 Å². The van der Waals surface area contributed by atoms with Crippen LogP contribution in [-0.4, -0.2) is 81.3 Å². The Labute approximate surface area is 215 Å². The second-order valence-electron chi connectivity index (χ2n) is 9.98. The molecule has 0 saturated carbocycles. The number of alkyl halides is 6. The van der Waals surface area contributed by atoms with E-state index in [0.717, 1.165) is 18.2 Å². The van der Waals surface area contributed by atoms with Crippen LogP contribution in [0.15, 0.2) is 18.2 Å². The molecule has 1 aliphatic rings. The lowest BCUT2D eigenvalue weighted by atomic mass is 9.83. The van der Waals surface area contributed by atoms with Gasteiger partial charge >= 0.3 is 30.2 Å². The van der Waals surface area contributed by atoms with Crippen LogP contribution in [-0.2, 0) is 29.2 Å². The smallest absolute Gasteiger partial charge is 0.383 e. The average molecular weight is 557 g/mol. The molecule has 2 rings (SSSR count). The van der Waals surface area contributed by atoms with E-state index in [-0.39, 0.29) is 37.3 Å². The molecule has 1 amide bonds. The van der Waals surface area contributed by atoms with Gasteiger partial charge in [-0.15, -0.1) is 0 Å². The van der Waals surface area contributed by atoms with Crippen LogP contribution >= 0.6 is 0 Å². The molecule has 0 bridgehead atoms. The minimum Gasteiger partial charge on any atom is -0.383 e. The van der Waals surface area contributed by atoms with Crippen molar-refractivity contribution in [3.8, 4) is 0 Å². The Morgan fingerprint density at radius 2 is 1.66 bits per heavy atom. The van der Waals surface area contributed by atoms with Crippen molar-refractivity contribution < 1.29 is 54.9 Å². The summed E-state index contributed by atoms with van der Waals surface area (Å²) in [6.07, 6.45) is -11.6. The maximum Gasteiger partial charge on any atom is 0.491 e. The van der Waals surface area contributed by atoms with E-state index in [4.69, 9.17) is 9.47 Å². The van der Waals surface area contributed by atoms with Gasteiger partial charge in [0, 0.05) is 24.7 Å². The molecular weight excluding hydrogens is 526 g/mol. The number of esters is 2. The summed E-state index contributed by atoms with van der Waals surface area (Å²) in [6, 6.07) is 2.03. The Morgan fingerprint density at radius 3 is 2.18 bits per heavy atom. The van der Waals surface area contributed by atoms with Crippen molar-refractivity contribution in [3.05, 3.63) is 29.3 Å². The number of likely N-dealkylation sites (N-methyl/N-ethyl adjacent to an activating group) is 1. The molecule has 1 heterocycles. The van der Waals surface area contributed by atoms with Gasteiger partial charge in [-0.05, 0) is 49.7 Å². The molecule has 1 saturated heterocycles. The van der Waals surface area contributed by atoms with Crippen molar-refractivity contribution in [2.24, 2.45) is 0 Å². The van der Waals surface area contributed by atoms with Crippen LogP contribution < -0.4 is 4.90 Å². The highest BCUT2D eigenvalue weighted by Crippen LogP contribution is 2.35. The summed E-state index contributed by atoms with van der Waals surface area (Å²) < 4.78 is 93.7. The Morgan fingerprint density at radius 1 is 1.03 bits per heavy atom. The van der Waals surface area contributed by atoms with E-state index in [1.54, 1.807) is 20.8 Å². The monoisotopic (exact) mass is 556 g/mol. The highest BCUT2D eigenvalue weighted by atomic mass is 19.4. The van der Waals surface area contributed by atoms with E-state index < -0.39 is 53.5 Å². The number of benzene rings is 1. The van der Waals surface area contributed by atoms with Gasteiger partial charge in [-0.3, -0.25) is 4.79 Å². The van der Waals surface area contributed by atoms with Crippen LogP contribution in [0.4, 0.5) is 32.0 Å². The molecule has 1 aromatic carbocycles. The van der Waals surface area contributed by atoms with Gasteiger partial charge in [0.1, 0.15) is 0 Å². The zero-order chi connectivity index (χ0) is 29.1. The average Bonchev–Trinajstić information content (AvgIpc) is 2.77. The first-order chi connectivity index (χ1) is 17.3. The summed E-state index contributed by atoms with van der Waals surface area (Å²) in [5, 5.41) is 0. The minimum absolute atomic E-state index is 0.00895. The SMILES string of the molecule is CN(C)CCOC1CC(N(C(=O)C(F)(F)F)c2ccc(C(=O)OC(=O)C(F)(F)F)c(C(C)(C)C)c2)CCO1. The Kier molecular flexibility index (Phi) is 9.94. The molecular formula is C24H30F6N2O6. The number of carbonyl (C=O) groups is 3. The number of hydrogen-bond acceptors (Lipinski definition) is 7. The number of rotatable bonds is 7. The molecule has 8 nitrogen and oxygen atoms in total. The maximum absolute atomic E-state index is 13.6. The predicted molar refractivity (Wildman–Crippen MR) is 122 cm³/mol. The van der Waals surface area contributed by atoms with E-state index >= 15 is 0 Å².